The first-order valence-corrected chi connectivity index (χ1v) is 6.25. The summed E-state index contributed by atoms with van der Waals surface area (Å²) >= 11 is 0. The minimum absolute atomic E-state index is 0.319. The second-order valence-corrected chi connectivity index (χ2v) is 4.74. The number of nitrogens with zero attached hydrogens (tertiary/aromatic N) is 1. The zero-order valence-corrected chi connectivity index (χ0v) is 10.7. The predicted molar refractivity (Wildman–Crippen MR) is 63.9 cm³/mol. The number of hydrogen-bond acceptors (Lipinski definition) is 4. The maximum absolute atomic E-state index is 11.2. The minimum Gasteiger partial charge on any atom is -0.481 e. The van der Waals surface area contributed by atoms with Gasteiger partial charge in [0.15, 0.2) is 0 Å². The van der Waals surface area contributed by atoms with Crippen molar-refractivity contribution < 1.29 is 19.7 Å². The van der Waals surface area contributed by atoms with E-state index in [1.807, 2.05) is 18.7 Å². The van der Waals surface area contributed by atoms with Gasteiger partial charge in [-0.05, 0) is 26.3 Å². The Labute approximate surface area is 102 Å². The number of rotatable bonds is 7. The molecule has 1 saturated heterocycles. The predicted octanol–water partition coefficient (Wildman–Crippen LogP) is 0.570. The van der Waals surface area contributed by atoms with Gasteiger partial charge in [0.1, 0.15) is 0 Å². The fourth-order valence-corrected chi connectivity index (χ4v) is 2.33. The molecule has 5 nitrogen and oxygen atoms in total. The molecule has 5 heteroatoms. The average Bonchev–Trinajstić information content (AvgIpc) is 2.71. The average molecular weight is 245 g/mol. The van der Waals surface area contributed by atoms with Crippen molar-refractivity contribution in [1.82, 2.24) is 4.90 Å². The van der Waals surface area contributed by atoms with Crippen molar-refractivity contribution in [3.63, 3.8) is 0 Å². The summed E-state index contributed by atoms with van der Waals surface area (Å²) in [7, 11) is 0. The topological polar surface area (TPSA) is 70.0 Å². The summed E-state index contributed by atoms with van der Waals surface area (Å²) in [5.74, 6) is -0.721. The van der Waals surface area contributed by atoms with Crippen LogP contribution in [0.2, 0.25) is 0 Å². The molecule has 0 aromatic heterocycles. The fourth-order valence-electron chi connectivity index (χ4n) is 2.33. The van der Waals surface area contributed by atoms with Gasteiger partial charge < -0.3 is 14.9 Å². The molecule has 0 bridgehead atoms. The molecule has 0 amide bonds. The Bertz CT molecular complexity index is 259. The van der Waals surface area contributed by atoms with Crippen molar-refractivity contribution >= 4 is 5.97 Å². The maximum Gasteiger partial charge on any atom is 0.310 e. The van der Waals surface area contributed by atoms with Gasteiger partial charge in [-0.25, -0.2) is 0 Å². The van der Waals surface area contributed by atoms with E-state index in [9.17, 15) is 15.0 Å². The molecule has 0 aromatic rings. The van der Waals surface area contributed by atoms with E-state index in [0.29, 0.717) is 39.1 Å². The molecule has 0 radical (unpaired) electrons. The van der Waals surface area contributed by atoms with Crippen LogP contribution in [0.1, 0.15) is 26.7 Å². The van der Waals surface area contributed by atoms with Crippen LogP contribution in [-0.4, -0.2) is 60.0 Å². The molecule has 1 aliphatic heterocycles. The van der Waals surface area contributed by atoms with E-state index in [1.165, 1.54) is 0 Å². The van der Waals surface area contributed by atoms with Crippen molar-refractivity contribution in [2.24, 2.45) is 5.41 Å². The quantitative estimate of drug-likeness (QED) is 0.686. The number of likely N-dealkylation sites (tertiary alicyclic amines) is 1. The SMILES string of the molecule is CCOCC(O)CN1CCC(CC)(C(=O)O)C1. The van der Waals surface area contributed by atoms with E-state index in [4.69, 9.17) is 4.74 Å². The number of hydrogen-bond donors (Lipinski definition) is 2. The first-order valence-electron chi connectivity index (χ1n) is 6.25. The number of carboxylic acid groups (broad SMARTS) is 1. The summed E-state index contributed by atoms with van der Waals surface area (Å²) in [6.45, 7) is 6.47. The lowest BCUT2D eigenvalue weighted by Crippen LogP contribution is -2.38. The molecule has 1 aliphatic rings. The summed E-state index contributed by atoms with van der Waals surface area (Å²) in [6, 6.07) is 0. The molecule has 2 N–H and O–H groups in total. The lowest BCUT2D eigenvalue weighted by atomic mass is 9.84. The molecule has 17 heavy (non-hydrogen) atoms. The Hall–Kier alpha value is -0.650. The molecule has 2 unspecified atom stereocenters. The minimum atomic E-state index is -0.721. The third-order valence-corrected chi connectivity index (χ3v) is 3.55. The standard InChI is InChI=1S/C12H23NO4/c1-3-12(11(15)16)5-6-13(9-12)7-10(14)8-17-4-2/h10,14H,3-9H2,1-2H3,(H,15,16). The molecule has 0 saturated carbocycles. The number of β-amino-alcohol motifs (C(OH)–C–C–N with tert-alkyl or cyclic N) is 1. The largest absolute Gasteiger partial charge is 0.481 e. The summed E-state index contributed by atoms with van der Waals surface area (Å²) in [4.78, 5) is 13.3. The lowest BCUT2D eigenvalue weighted by molar-refractivity contribution is -0.148. The Morgan fingerprint density at radius 2 is 2.24 bits per heavy atom. The van der Waals surface area contributed by atoms with Gasteiger partial charge in [0.05, 0.1) is 18.1 Å². The van der Waals surface area contributed by atoms with Crippen LogP contribution in [0.3, 0.4) is 0 Å². The second kappa shape index (κ2) is 6.33. The lowest BCUT2D eigenvalue weighted by Gasteiger charge is -2.24. The van der Waals surface area contributed by atoms with E-state index in [2.05, 4.69) is 0 Å². The number of carbonyl (C=O) groups is 1. The van der Waals surface area contributed by atoms with Gasteiger partial charge in [-0.1, -0.05) is 6.92 Å². The molecule has 0 aliphatic carbocycles. The van der Waals surface area contributed by atoms with Crippen molar-refractivity contribution in [1.29, 1.82) is 0 Å². The molecule has 0 aromatic carbocycles. The number of carboxylic acids is 1. The van der Waals surface area contributed by atoms with Gasteiger partial charge in [-0.15, -0.1) is 0 Å². The summed E-state index contributed by atoms with van der Waals surface area (Å²) < 4.78 is 5.14. The van der Waals surface area contributed by atoms with E-state index in [1.54, 1.807) is 0 Å². The van der Waals surface area contributed by atoms with Crippen molar-refractivity contribution in [2.45, 2.75) is 32.8 Å². The monoisotopic (exact) mass is 245 g/mol. The van der Waals surface area contributed by atoms with E-state index in [-0.39, 0.29) is 0 Å². The van der Waals surface area contributed by atoms with Crippen molar-refractivity contribution in [3.05, 3.63) is 0 Å². The van der Waals surface area contributed by atoms with Gasteiger partial charge in [0, 0.05) is 19.7 Å². The molecular weight excluding hydrogens is 222 g/mol. The highest BCUT2D eigenvalue weighted by atomic mass is 16.5. The number of aliphatic carboxylic acids is 1. The Morgan fingerprint density at radius 1 is 1.53 bits per heavy atom. The Morgan fingerprint density at radius 3 is 2.71 bits per heavy atom. The molecule has 1 rings (SSSR count). The number of ether oxygens (including phenoxy) is 1. The smallest absolute Gasteiger partial charge is 0.310 e. The number of aliphatic hydroxyl groups excluding tert-OH is 1. The zero-order valence-electron chi connectivity index (χ0n) is 10.7. The normalized spacial score (nSPS) is 27.2. The van der Waals surface area contributed by atoms with Crippen LogP contribution in [0.4, 0.5) is 0 Å². The first-order chi connectivity index (χ1) is 8.04. The maximum atomic E-state index is 11.2. The van der Waals surface area contributed by atoms with Gasteiger partial charge in [0.25, 0.3) is 0 Å². The van der Waals surface area contributed by atoms with E-state index in [0.717, 1.165) is 6.54 Å². The van der Waals surface area contributed by atoms with Crippen LogP contribution in [0, 0.1) is 5.41 Å². The van der Waals surface area contributed by atoms with Gasteiger partial charge in [0.2, 0.25) is 0 Å². The Kier molecular flexibility index (Phi) is 5.36. The second-order valence-electron chi connectivity index (χ2n) is 4.74. The van der Waals surface area contributed by atoms with E-state index < -0.39 is 17.5 Å². The summed E-state index contributed by atoms with van der Waals surface area (Å²) in [6.07, 6.45) is 0.775. The van der Waals surface area contributed by atoms with Gasteiger partial charge in [-0.3, -0.25) is 9.69 Å². The van der Waals surface area contributed by atoms with Crippen LogP contribution in [-0.2, 0) is 9.53 Å². The molecule has 1 fully saturated rings. The molecular formula is C12H23NO4. The molecule has 1 heterocycles. The van der Waals surface area contributed by atoms with Crippen molar-refractivity contribution in [3.8, 4) is 0 Å². The third kappa shape index (κ3) is 3.66. The van der Waals surface area contributed by atoms with Gasteiger partial charge in [-0.2, -0.15) is 0 Å². The molecule has 0 spiro atoms. The summed E-state index contributed by atoms with van der Waals surface area (Å²) in [5.41, 5.74) is -0.620. The fraction of sp³-hybridized carbons (Fsp3) is 0.917. The third-order valence-electron chi connectivity index (χ3n) is 3.55. The Balaban J connectivity index is 2.41. The van der Waals surface area contributed by atoms with Crippen molar-refractivity contribution in [2.75, 3.05) is 32.8 Å². The molecule has 100 valence electrons. The number of aliphatic hydroxyl groups is 1. The molecule has 2 atom stereocenters. The van der Waals surface area contributed by atoms with Crippen LogP contribution >= 0.6 is 0 Å². The van der Waals surface area contributed by atoms with Gasteiger partial charge >= 0.3 is 5.97 Å². The highest BCUT2D eigenvalue weighted by Gasteiger charge is 2.43. The summed E-state index contributed by atoms with van der Waals surface area (Å²) in [5, 5.41) is 19.0. The highest BCUT2D eigenvalue weighted by Crippen LogP contribution is 2.34. The van der Waals surface area contributed by atoms with Crippen LogP contribution < -0.4 is 0 Å². The highest BCUT2D eigenvalue weighted by molar-refractivity contribution is 5.75. The van der Waals surface area contributed by atoms with Crippen LogP contribution in [0.5, 0.6) is 0 Å². The van der Waals surface area contributed by atoms with Crippen LogP contribution in [0.15, 0.2) is 0 Å². The van der Waals surface area contributed by atoms with Crippen LogP contribution in [0.25, 0.3) is 0 Å². The van der Waals surface area contributed by atoms with E-state index >= 15 is 0 Å². The first kappa shape index (κ1) is 14.4. The zero-order chi connectivity index (χ0) is 12.9.